The number of hydrogen-bond acceptors (Lipinski definition) is 3. The van der Waals surface area contributed by atoms with Crippen LogP contribution in [0, 0.1) is 11.8 Å². The zero-order chi connectivity index (χ0) is 6.65. The van der Waals surface area contributed by atoms with E-state index in [4.69, 9.17) is 10.5 Å². The maximum atomic E-state index is 10.8. The third kappa shape index (κ3) is 0.367. The molecule has 2 rings (SSSR count). The van der Waals surface area contributed by atoms with Gasteiger partial charge in [-0.2, -0.15) is 0 Å². The Labute approximate surface area is 53.2 Å². The van der Waals surface area contributed by atoms with Crippen LogP contribution < -0.4 is 5.73 Å². The largest absolute Gasteiger partial charge is 0.464 e. The second-order valence-electron chi connectivity index (χ2n) is 2.93. The highest BCUT2D eigenvalue weighted by Crippen LogP contribution is 2.52. The van der Waals surface area contributed by atoms with Gasteiger partial charge in [0.25, 0.3) is 0 Å². The normalized spacial score (nSPS) is 54.7. The molecule has 9 heavy (non-hydrogen) atoms. The van der Waals surface area contributed by atoms with Crippen LogP contribution >= 0.6 is 0 Å². The van der Waals surface area contributed by atoms with E-state index in [1.165, 1.54) is 0 Å². The summed E-state index contributed by atoms with van der Waals surface area (Å²) in [6.45, 7) is 2.53. The molecule has 3 heteroatoms. The van der Waals surface area contributed by atoms with Gasteiger partial charge in [-0.15, -0.1) is 0 Å². The first-order chi connectivity index (χ1) is 4.17. The standard InChI is InChI=1S/C6H9NO2/c1-3-4-2-9-5(8)6(3,4)7/h3-4H,2,7H2,1H3. The van der Waals surface area contributed by atoms with Crippen LogP contribution in [0.3, 0.4) is 0 Å². The molecule has 0 aromatic rings. The van der Waals surface area contributed by atoms with E-state index in [2.05, 4.69) is 0 Å². The molecule has 2 fully saturated rings. The molecule has 1 aliphatic heterocycles. The Bertz CT molecular complexity index is 180. The first-order valence-corrected chi connectivity index (χ1v) is 3.13. The lowest BCUT2D eigenvalue weighted by Gasteiger charge is -2.02. The van der Waals surface area contributed by atoms with Crippen LogP contribution in [-0.2, 0) is 9.53 Å². The van der Waals surface area contributed by atoms with E-state index >= 15 is 0 Å². The molecule has 0 amide bonds. The number of carbonyl (C=O) groups excluding carboxylic acids is 1. The molecule has 0 aromatic carbocycles. The molecule has 0 spiro atoms. The van der Waals surface area contributed by atoms with E-state index in [0.717, 1.165) is 0 Å². The van der Waals surface area contributed by atoms with Crippen molar-refractivity contribution >= 4 is 5.97 Å². The van der Waals surface area contributed by atoms with E-state index < -0.39 is 5.54 Å². The smallest absolute Gasteiger partial charge is 0.326 e. The summed E-state index contributed by atoms with van der Waals surface area (Å²) in [7, 11) is 0. The van der Waals surface area contributed by atoms with E-state index in [-0.39, 0.29) is 5.97 Å². The highest BCUT2D eigenvalue weighted by molar-refractivity contribution is 5.88. The molecule has 1 aliphatic carbocycles. The molecule has 0 radical (unpaired) electrons. The average Bonchev–Trinajstić information content (AvgIpc) is 2.15. The number of hydrogen-bond donors (Lipinski definition) is 1. The van der Waals surface area contributed by atoms with Crippen molar-refractivity contribution in [2.45, 2.75) is 12.5 Å². The molecule has 1 saturated carbocycles. The summed E-state index contributed by atoms with van der Waals surface area (Å²) >= 11 is 0. The fraction of sp³-hybridized carbons (Fsp3) is 0.833. The van der Waals surface area contributed by atoms with E-state index in [1.807, 2.05) is 6.92 Å². The molecule has 0 aromatic heterocycles. The van der Waals surface area contributed by atoms with Crippen LogP contribution in [0.4, 0.5) is 0 Å². The minimum Gasteiger partial charge on any atom is -0.464 e. The maximum Gasteiger partial charge on any atom is 0.326 e. The van der Waals surface area contributed by atoms with Crippen molar-refractivity contribution in [3.63, 3.8) is 0 Å². The number of esters is 1. The lowest BCUT2D eigenvalue weighted by molar-refractivity contribution is -0.142. The molecular weight excluding hydrogens is 118 g/mol. The van der Waals surface area contributed by atoms with Crippen LogP contribution in [0.1, 0.15) is 6.92 Å². The molecule has 3 nitrogen and oxygen atoms in total. The zero-order valence-electron chi connectivity index (χ0n) is 5.26. The third-order valence-electron chi connectivity index (χ3n) is 2.61. The Hall–Kier alpha value is -0.570. The molecule has 3 unspecified atom stereocenters. The Balaban J connectivity index is 2.31. The number of ether oxygens (including phenoxy) is 1. The van der Waals surface area contributed by atoms with Gasteiger partial charge in [-0.1, -0.05) is 6.92 Å². The van der Waals surface area contributed by atoms with Crippen molar-refractivity contribution in [3.05, 3.63) is 0 Å². The van der Waals surface area contributed by atoms with Crippen molar-refractivity contribution in [1.29, 1.82) is 0 Å². The molecule has 3 atom stereocenters. The zero-order valence-corrected chi connectivity index (χ0v) is 5.26. The van der Waals surface area contributed by atoms with Gasteiger partial charge in [0.1, 0.15) is 5.54 Å². The van der Waals surface area contributed by atoms with Gasteiger partial charge in [-0.05, 0) is 5.92 Å². The van der Waals surface area contributed by atoms with Crippen LogP contribution in [-0.4, -0.2) is 18.1 Å². The highest BCUT2D eigenvalue weighted by Gasteiger charge is 2.70. The average molecular weight is 127 g/mol. The summed E-state index contributed by atoms with van der Waals surface area (Å²) in [5, 5.41) is 0. The van der Waals surface area contributed by atoms with Gasteiger partial charge >= 0.3 is 5.97 Å². The number of rotatable bonds is 0. The SMILES string of the molecule is CC1C2COC(=O)C12N. The predicted molar refractivity (Wildman–Crippen MR) is 30.5 cm³/mol. The van der Waals surface area contributed by atoms with Gasteiger partial charge in [0.2, 0.25) is 0 Å². The number of cyclic esters (lactones) is 1. The van der Waals surface area contributed by atoms with E-state index in [9.17, 15) is 4.79 Å². The summed E-state index contributed by atoms with van der Waals surface area (Å²) in [4.78, 5) is 10.8. The minimum atomic E-state index is -0.583. The minimum absolute atomic E-state index is 0.208. The highest BCUT2D eigenvalue weighted by atomic mass is 16.5. The Morgan fingerprint density at radius 3 is 2.78 bits per heavy atom. The topological polar surface area (TPSA) is 52.3 Å². The number of nitrogens with two attached hydrogens (primary N) is 1. The first kappa shape index (κ1) is 5.23. The lowest BCUT2D eigenvalue weighted by Crippen LogP contribution is -2.33. The third-order valence-corrected chi connectivity index (χ3v) is 2.61. The van der Waals surface area contributed by atoms with Gasteiger partial charge < -0.3 is 10.5 Å². The summed E-state index contributed by atoms with van der Waals surface area (Å²) in [5.41, 5.74) is 5.08. The van der Waals surface area contributed by atoms with Crippen molar-refractivity contribution in [1.82, 2.24) is 0 Å². The molecular formula is C6H9NO2. The van der Waals surface area contributed by atoms with Crippen molar-refractivity contribution in [3.8, 4) is 0 Å². The fourth-order valence-electron chi connectivity index (χ4n) is 1.59. The van der Waals surface area contributed by atoms with Crippen LogP contribution in [0.2, 0.25) is 0 Å². The maximum absolute atomic E-state index is 10.8. The summed E-state index contributed by atoms with van der Waals surface area (Å²) in [6, 6.07) is 0. The Morgan fingerprint density at radius 2 is 2.56 bits per heavy atom. The van der Waals surface area contributed by atoms with Crippen molar-refractivity contribution in [2.24, 2.45) is 17.6 Å². The van der Waals surface area contributed by atoms with E-state index in [0.29, 0.717) is 18.4 Å². The van der Waals surface area contributed by atoms with Gasteiger partial charge in [0, 0.05) is 5.92 Å². The summed E-state index contributed by atoms with van der Waals surface area (Å²) in [6.07, 6.45) is 0. The molecule has 1 heterocycles. The van der Waals surface area contributed by atoms with Gasteiger partial charge in [-0.25, -0.2) is 0 Å². The van der Waals surface area contributed by atoms with Gasteiger partial charge in [0.05, 0.1) is 6.61 Å². The van der Waals surface area contributed by atoms with Gasteiger partial charge in [-0.3, -0.25) is 4.79 Å². The summed E-state index contributed by atoms with van der Waals surface area (Å²) in [5.74, 6) is 0.448. The second-order valence-corrected chi connectivity index (χ2v) is 2.93. The van der Waals surface area contributed by atoms with Crippen LogP contribution in [0.25, 0.3) is 0 Å². The Kier molecular flexibility index (Phi) is 0.662. The quantitative estimate of drug-likeness (QED) is 0.446. The second kappa shape index (κ2) is 1.14. The Morgan fingerprint density at radius 1 is 1.89 bits per heavy atom. The van der Waals surface area contributed by atoms with Crippen molar-refractivity contribution in [2.75, 3.05) is 6.61 Å². The number of carbonyl (C=O) groups is 1. The molecule has 2 N–H and O–H groups in total. The van der Waals surface area contributed by atoms with Crippen molar-refractivity contribution < 1.29 is 9.53 Å². The monoisotopic (exact) mass is 127 g/mol. The van der Waals surface area contributed by atoms with E-state index in [1.54, 1.807) is 0 Å². The first-order valence-electron chi connectivity index (χ1n) is 3.13. The summed E-state index contributed by atoms with van der Waals surface area (Å²) < 4.78 is 4.72. The molecule has 0 bridgehead atoms. The predicted octanol–water partition coefficient (Wildman–Crippen LogP) is -0.493. The van der Waals surface area contributed by atoms with Crippen LogP contribution in [0.5, 0.6) is 0 Å². The molecule has 2 aliphatic rings. The fourth-order valence-corrected chi connectivity index (χ4v) is 1.59. The number of fused-ring (bicyclic) bond motifs is 1. The van der Waals surface area contributed by atoms with Crippen LogP contribution in [0.15, 0.2) is 0 Å². The molecule has 1 saturated heterocycles. The lowest BCUT2D eigenvalue weighted by atomic mass is 10.2. The molecule has 50 valence electrons. The van der Waals surface area contributed by atoms with Gasteiger partial charge in [0.15, 0.2) is 0 Å².